The van der Waals surface area contributed by atoms with Gasteiger partial charge in [0.15, 0.2) is 8.32 Å². The minimum atomic E-state index is -1.76. The highest BCUT2D eigenvalue weighted by molar-refractivity contribution is 6.74. The molecule has 0 bridgehead atoms. The highest BCUT2D eigenvalue weighted by Crippen LogP contribution is 2.42. The average Bonchev–Trinajstić information content (AvgIpc) is 2.12. The minimum Gasteiger partial charge on any atom is -0.411 e. The van der Waals surface area contributed by atoms with Crippen molar-refractivity contribution >= 4 is 8.32 Å². The molecule has 0 saturated heterocycles. The lowest BCUT2D eigenvalue weighted by Crippen LogP contribution is -2.50. The van der Waals surface area contributed by atoms with Crippen molar-refractivity contribution in [2.24, 2.45) is 5.92 Å². The first kappa shape index (κ1) is 16.9. The van der Waals surface area contributed by atoms with Crippen LogP contribution in [0.15, 0.2) is 12.2 Å². The summed E-state index contributed by atoms with van der Waals surface area (Å²) >= 11 is 0. The summed E-state index contributed by atoms with van der Waals surface area (Å²) in [5, 5.41) is 10.2. The lowest BCUT2D eigenvalue weighted by Gasteiger charge is -2.46. The molecule has 0 radical (unpaired) electrons. The van der Waals surface area contributed by atoms with Crippen LogP contribution in [0.3, 0.4) is 0 Å². The summed E-state index contributed by atoms with van der Waals surface area (Å²) in [6, 6.07) is 0. The Morgan fingerprint density at radius 3 is 2.11 bits per heavy atom. The lowest BCUT2D eigenvalue weighted by atomic mass is 9.79. The van der Waals surface area contributed by atoms with Crippen molar-refractivity contribution in [3.8, 4) is 0 Å². The van der Waals surface area contributed by atoms with E-state index in [9.17, 15) is 5.11 Å². The Morgan fingerprint density at radius 2 is 1.74 bits per heavy atom. The molecule has 0 aromatic heterocycles. The molecule has 0 fully saturated rings. The Hall–Kier alpha value is -0.123. The first-order valence-corrected chi connectivity index (χ1v) is 10.3. The maximum Gasteiger partial charge on any atom is 0.192 e. The van der Waals surface area contributed by atoms with Gasteiger partial charge in [-0.05, 0) is 51.7 Å². The Balaban J connectivity index is 2.83. The molecule has 0 saturated carbocycles. The van der Waals surface area contributed by atoms with Gasteiger partial charge >= 0.3 is 0 Å². The predicted molar refractivity (Wildman–Crippen MR) is 84.8 cm³/mol. The molecule has 0 aromatic carbocycles. The van der Waals surface area contributed by atoms with Gasteiger partial charge in [0.2, 0.25) is 0 Å². The second-order valence-corrected chi connectivity index (χ2v) is 13.1. The van der Waals surface area contributed by atoms with Gasteiger partial charge in [0, 0.05) is 5.92 Å². The van der Waals surface area contributed by atoms with Gasteiger partial charge in [-0.1, -0.05) is 32.9 Å². The van der Waals surface area contributed by atoms with Crippen molar-refractivity contribution in [3.63, 3.8) is 0 Å². The SMILES string of the molecule is CC1(O)C=CC(C(C)(C)O[Si](C)(C)C(C)(C)C)CC1. The van der Waals surface area contributed by atoms with E-state index in [4.69, 9.17) is 4.43 Å². The van der Waals surface area contributed by atoms with Crippen molar-refractivity contribution in [1.82, 2.24) is 0 Å². The van der Waals surface area contributed by atoms with Crippen LogP contribution in [0.2, 0.25) is 18.1 Å². The van der Waals surface area contributed by atoms with E-state index in [1.165, 1.54) is 0 Å². The van der Waals surface area contributed by atoms with E-state index in [0.29, 0.717) is 5.92 Å². The van der Waals surface area contributed by atoms with Gasteiger partial charge in [0.05, 0.1) is 11.2 Å². The zero-order valence-corrected chi connectivity index (χ0v) is 15.0. The second kappa shape index (κ2) is 5.01. The Labute approximate surface area is 120 Å². The molecule has 0 heterocycles. The van der Waals surface area contributed by atoms with Crippen LogP contribution in [0.25, 0.3) is 0 Å². The lowest BCUT2D eigenvalue weighted by molar-refractivity contribution is 0.0206. The monoisotopic (exact) mass is 284 g/mol. The summed E-state index contributed by atoms with van der Waals surface area (Å²) in [6.45, 7) is 17.7. The van der Waals surface area contributed by atoms with Gasteiger partial charge < -0.3 is 9.53 Å². The largest absolute Gasteiger partial charge is 0.411 e. The molecule has 2 nitrogen and oxygen atoms in total. The van der Waals surface area contributed by atoms with Crippen molar-refractivity contribution in [3.05, 3.63) is 12.2 Å². The Bertz CT molecular complexity index is 348. The maximum atomic E-state index is 10.0. The third-order valence-electron chi connectivity index (χ3n) is 4.87. The second-order valence-electron chi connectivity index (χ2n) is 8.33. The summed E-state index contributed by atoms with van der Waals surface area (Å²) in [4.78, 5) is 0. The van der Waals surface area contributed by atoms with E-state index in [0.717, 1.165) is 12.8 Å². The van der Waals surface area contributed by atoms with E-state index >= 15 is 0 Å². The maximum absolute atomic E-state index is 10.0. The Morgan fingerprint density at radius 1 is 1.21 bits per heavy atom. The molecule has 1 aliphatic rings. The zero-order chi connectivity index (χ0) is 15.1. The third kappa shape index (κ3) is 4.17. The van der Waals surface area contributed by atoms with Gasteiger partial charge in [0.25, 0.3) is 0 Å². The van der Waals surface area contributed by atoms with Crippen LogP contribution in [-0.2, 0) is 4.43 Å². The fourth-order valence-corrected chi connectivity index (χ4v) is 4.19. The average molecular weight is 285 g/mol. The summed E-state index contributed by atoms with van der Waals surface area (Å²) in [5.74, 6) is 0.391. The van der Waals surface area contributed by atoms with E-state index in [-0.39, 0.29) is 10.6 Å². The third-order valence-corrected chi connectivity index (χ3v) is 9.52. The first-order chi connectivity index (χ1) is 8.27. The Kier molecular flexibility index (Phi) is 4.47. The topological polar surface area (TPSA) is 29.5 Å². The molecule has 112 valence electrons. The van der Waals surface area contributed by atoms with Crippen LogP contribution in [0, 0.1) is 5.92 Å². The quantitative estimate of drug-likeness (QED) is 0.610. The van der Waals surface area contributed by atoms with Crippen LogP contribution in [0.4, 0.5) is 0 Å². The van der Waals surface area contributed by atoms with E-state index < -0.39 is 13.9 Å². The standard InChI is InChI=1S/C16H32O2Si/c1-14(2,3)19(7,8)18-15(4,5)13-9-11-16(6,17)12-10-13/h9,11,13,17H,10,12H2,1-8H3. The molecule has 3 heteroatoms. The van der Waals surface area contributed by atoms with Crippen LogP contribution in [0.1, 0.15) is 54.4 Å². The normalized spacial score (nSPS) is 29.6. The molecule has 0 spiro atoms. The summed E-state index contributed by atoms with van der Waals surface area (Å²) in [6.07, 6.45) is 5.90. The van der Waals surface area contributed by atoms with Gasteiger partial charge in [-0.15, -0.1) is 0 Å². The summed E-state index contributed by atoms with van der Waals surface area (Å²) in [7, 11) is -1.76. The predicted octanol–water partition coefficient (Wildman–Crippen LogP) is 4.50. The van der Waals surface area contributed by atoms with E-state index in [1.54, 1.807) is 0 Å². The minimum absolute atomic E-state index is 0.157. The smallest absolute Gasteiger partial charge is 0.192 e. The number of hydrogen-bond donors (Lipinski definition) is 1. The van der Waals surface area contributed by atoms with Gasteiger partial charge in [-0.25, -0.2) is 0 Å². The van der Waals surface area contributed by atoms with Crippen LogP contribution >= 0.6 is 0 Å². The highest BCUT2D eigenvalue weighted by Gasteiger charge is 2.44. The molecule has 0 aromatic rings. The van der Waals surface area contributed by atoms with Crippen LogP contribution in [0.5, 0.6) is 0 Å². The number of hydrogen-bond acceptors (Lipinski definition) is 2. The molecule has 19 heavy (non-hydrogen) atoms. The zero-order valence-electron chi connectivity index (χ0n) is 14.0. The molecule has 1 rings (SSSR count). The van der Waals surface area contributed by atoms with Gasteiger partial charge in [0.1, 0.15) is 0 Å². The van der Waals surface area contributed by atoms with Crippen molar-refractivity contribution in [2.45, 2.75) is 83.7 Å². The number of aliphatic hydroxyl groups is 1. The van der Waals surface area contributed by atoms with E-state index in [1.807, 2.05) is 13.0 Å². The van der Waals surface area contributed by atoms with E-state index in [2.05, 4.69) is 53.8 Å². The molecule has 1 N–H and O–H groups in total. The van der Waals surface area contributed by atoms with Crippen molar-refractivity contribution in [1.29, 1.82) is 0 Å². The fourth-order valence-electron chi connectivity index (χ4n) is 2.42. The van der Waals surface area contributed by atoms with Crippen LogP contribution < -0.4 is 0 Å². The molecule has 0 amide bonds. The van der Waals surface area contributed by atoms with Gasteiger partial charge in [-0.2, -0.15) is 0 Å². The summed E-state index contributed by atoms with van der Waals surface area (Å²) < 4.78 is 6.60. The van der Waals surface area contributed by atoms with Crippen molar-refractivity contribution < 1.29 is 9.53 Å². The molecular formula is C16H32O2Si. The van der Waals surface area contributed by atoms with Crippen LogP contribution in [-0.4, -0.2) is 24.6 Å². The molecule has 2 atom stereocenters. The number of rotatable bonds is 3. The van der Waals surface area contributed by atoms with Gasteiger partial charge in [-0.3, -0.25) is 0 Å². The summed E-state index contributed by atoms with van der Waals surface area (Å²) in [5.41, 5.74) is -0.792. The highest BCUT2D eigenvalue weighted by atomic mass is 28.4. The van der Waals surface area contributed by atoms with Crippen molar-refractivity contribution in [2.75, 3.05) is 0 Å². The first-order valence-electron chi connectivity index (χ1n) is 7.39. The fraction of sp³-hybridized carbons (Fsp3) is 0.875. The molecular weight excluding hydrogens is 252 g/mol. The molecule has 0 aliphatic heterocycles. The molecule has 1 aliphatic carbocycles. The molecule has 2 unspecified atom stereocenters.